The van der Waals surface area contributed by atoms with Crippen molar-refractivity contribution < 1.29 is 0 Å². The second-order valence-corrected chi connectivity index (χ2v) is 6.91. The van der Waals surface area contributed by atoms with Crippen LogP contribution in [0.5, 0.6) is 0 Å². The van der Waals surface area contributed by atoms with E-state index in [0.29, 0.717) is 12.6 Å². The second-order valence-electron chi connectivity index (χ2n) is 6.91. The molecule has 0 spiro atoms. The Hall–Kier alpha value is -1.52. The Morgan fingerprint density at radius 1 is 1.12 bits per heavy atom. The highest BCUT2D eigenvalue weighted by atomic mass is 15.3. The van der Waals surface area contributed by atoms with Crippen molar-refractivity contribution in [2.24, 2.45) is 18.0 Å². The van der Waals surface area contributed by atoms with Gasteiger partial charge in [0.1, 0.15) is 0 Å². The molecule has 0 aromatic carbocycles. The Labute approximate surface area is 148 Å². The number of hydrogen-bond acceptors (Lipinski definition) is 2. The molecule has 0 aliphatic heterocycles. The average Bonchev–Trinajstić information content (AvgIpc) is 2.85. The molecular formula is C19H37N5. The van der Waals surface area contributed by atoms with E-state index in [4.69, 9.17) is 4.99 Å². The molecule has 1 rings (SSSR count). The monoisotopic (exact) mass is 335 g/mol. The molecule has 1 aromatic rings. The van der Waals surface area contributed by atoms with Gasteiger partial charge in [0, 0.05) is 30.9 Å². The number of nitrogens with one attached hydrogen (secondary N) is 2. The number of rotatable bonds is 9. The Bertz CT molecular complexity index is 516. The van der Waals surface area contributed by atoms with Gasteiger partial charge in [0.25, 0.3) is 0 Å². The van der Waals surface area contributed by atoms with E-state index in [2.05, 4.69) is 57.3 Å². The third kappa shape index (κ3) is 6.17. The fourth-order valence-electron chi connectivity index (χ4n) is 2.94. The topological polar surface area (TPSA) is 54.2 Å². The third-order valence-corrected chi connectivity index (χ3v) is 4.33. The highest BCUT2D eigenvalue weighted by Crippen LogP contribution is 2.16. The van der Waals surface area contributed by atoms with Gasteiger partial charge >= 0.3 is 0 Å². The zero-order chi connectivity index (χ0) is 18.1. The maximum Gasteiger partial charge on any atom is 0.191 e. The highest BCUT2D eigenvalue weighted by molar-refractivity contribution is 5.80. The lowest BCUT2D eigenvalue weighted by Crippen LogP contribution is -2.42. The van der Waals surface area contributed by atoms with Crippen LogP contribution in [-0.2, 0) is 26.4 Å². The summed E-state index contributed by atoms with van der Waals surface area (Å²) < 4.78 is 2.01. The molecule has 0 saturated carbocycles. The van der Waals surface area contributed by atoms with Crippen molar-refractivity contribution in [3.63, 3.8) is 0 Å². The van der Waals surface area contributed by atoms with Crippen molar-refractivity contribution >= 4 is 5.96 Å². The normalized spacial score (nSPS) is 13.4. The van der Waals surface area contributed by atoms with Crippen molar-refractivity contribution in [3.8, 4) is 0 Å². The SMILES string of the molecule is CCNC(=NCc1c(CC)nn(C)c1CC)NC(C)CCC(C)C. The van der Waals surface area contributed by atoms with E-state index in [1.165, 1.54) is 23.4 Å². The quantitative estimate of drug-likeness (QED) is 0.537. The predicted octanol–water partition coefficient (Wildman–Crippen LogP) is 3.42. The van der Waals surface area contributed by atoms with Crippen LogP contribution < -0.4 is 10.6 Å². The van der Waals surface area contributed by atoms with E-state index < -0.39 is 0 Å². The van der Waals surface area contributed by atoms with Crippen LogP contribution in [0.25, 0.3) is 0 Å². The highest BCUT2D eigenvalue weighted by Gasteiger charge is 2.13. The first-order chi connectivity index (χ1) is 11.4. The summed E-state index contributed by atoms with van der Waals surface area (Å²) in [5.74, 6) is 1.64. The van der Waals surface area contributed by atoms with Crippen LogP contribution in [-0.4, -0.2) is 28.3 Å². The Morgan fingerprint density at radius 2 is 1.83 bits per heavy atom. The molecular weight excluding hydrogens is 298 g/mol. The summed E-state index contributed by atoms with van der Waals surface area (Å²) >= 11 is 0. The molecule has 1 unspecified atom stereocenters. The molecule has 138 valence electrons. The first-order valence-electron chi connectivity index (χ1n) is 9.51. The zero-order valence-electron chi connectivity index (χ0n) is 16.7. The molecule has 0 bridgehead atoms. The third-order valence-electron chi connectivity index (χ3n) is 4.33. The number of guanidine groups is 1. The molecule has 0 aliphatic carbocycles. The largest absolute Gasteiger partial charge is 0.357 e. The smallest absolute Gasteiger partial charge is 0.191 e. The summed E-state index contributed by atoms with van der Waals surface area (Å²) in [5.41, 5.74) is 3.75. The van der Waals surface area contributed by atoms with Crippen molar-refractivity contribution in [1.82, 2.24) is 20.4 Å². The second kappa shape index (κ2) is 10.4. The zero-order valence-corrected chi connectivity index (χ0v) is 16.7. The van der Waals surface area contributed by atoms with Gasteiger partial charge in [-0.05, 0) is 45.4 Å². The maximum absolute atomic E-state index is 4.82. The van der Waals surface area contributed by atoms with E-state index in [-0.39, 0.29) is 0 Å². The minimum atomic E-state index is 0.426. The number of aromatic nitrogens is 2. The van der Waals surface area contributed by atoms with Gasteiger partial charge in [0.15, 0.2) is 5.96 Å². The maximum atomic E-state index is 4.82. The molecule has 0 radical (unpaired) electrons. The summed E-state index contributed by atoms with van der Waals surface area (Å²) in [6.07, 6.45) is 4.34. The van der Waals surface area contributed by atoms with Gasteiger partial charge in [-0.2, -0.15) is 5.10 Å². The van der Waals surface area contributed by atoms with Gasteiger partial charge in [0.2, 0.25) is 0 Å². The fourth-order valence-corrected chi connectivity index (χ4v) is 2.94. The lowest BCUT2D eigenvalue weighted by Gasteiger charge is -2.18. The molecule has 0 fully saturated rings. The minimum absolute atomic E-state index is 0.426. The van der Waals surface area contributed by atoms with Crippen LogP contribution in [0.2, 0.25) is 0 Å². The van der Waals surface area contributed by atoms with Crippen LogP contribution in [0, 0.1) is 5.92 Å². The van der Waals surface area contributed by atoms with E-state index in [9.17, 15) is 0 Å². The number of nitrogens with zero attached hydrogens (tertiary/aromatic N) is 3. The van der Waals surface area contributed by atoms with E-state index in [1.54, 1.807) is 0 Å². The van der Waals surface area contributed by atoms with Crippen molar-refractivity contribution in [1.29, 1.82) is 0 Å². The minimum Gasteiger partial charge on any atom is -0.357 e. The average molecular weight is 336 g/mol. The molecule has 5 nitrogen and oxygen atoms in total. The first kappa shape index (κ1) is 20.5. The molecule has 0 aliphatic rings. The molecule has 2 N–H and O–H groups in total. The first-order valence-corrected chi connectivity index (χ1v) is 9.51. The Kier molecular flexibility index (Phi) is 8.87. The van der Waals surface area contributed by atoms with Crippen LogP contribution in [0.15, 0.2) is 4.99 Å². The molecule has 1 aromatic heterocycles. The van der Waals surface area contributed by atoms with Crippen molar-refractivity contribution in [2.45, 2.75) is 79.8 Å². The van der Waals surface area contributed by atoms with Gasteiger partial charge in [-0.3, -0.25) is 4.68 Å². The molecule has 1 atom stereocenters. The number of aryl methyl sites for hydroxylation is 2. The van der Waals surface area contributed by atoms with Gasteiger partial charge in [-0.1, -0.05) is 27.7 Å². The molecule has 24 heavy (non-hydrogen) atoms. The Balaban J connectivity index is 2.82. The van der Waals surface area contributed by atoms with Crippen molar-refractivity contribution in [2.75, 3.05) is 6.54 Å². The van der Waals surface area contributed by atoms with E-state index in [0.717, 1.165) is 37.7 Å². The van der Waals surface area contributed by atoms with Crippen LogP contribution in [0.3, 0.4) is 0 Å². The lowest BCUT2D eigenvalue weighted by atomic mass is 10.0. The lowest BCUT2D eigenvalue weighted by molar-refractivity contribution is 0.489. The van der Waals surface area contributed by atoms with Crippen LogP contribution in [0.4, 0.5) is 0 Å². The number of hydrogen-bond donors (Lipinski definition) is 2. The van der Waals surface area contributed by atoms with Gasteiger partial charge in [-0.15, -0.1) is 0 Å². The van der Waals surface area contributed by atoms with E-state index >= 15 is 0 Å². The Morgan fingerprint density at radius 3 is 2.38 bits per heavy atom. The summed E-state index contributed by atoms with van der Waals surface area (Å²) in [7, 11) is 2.03. The fraction of sp³-hybridized carbons (Fsp3) is 0.789. The summed E-state index contributed by atoms with van der Waals surface area (Å²) in [5, 5.41) is 11.5. The predicted molar refractivity (Wildman–Crippen MR) is 103 cm³/mol. The van der Waals surface area contributed by atoms with E-state index in [1.807, 2.05) is 11.7 Å². The van der Waals surface area contributed by atoms with Gasteiger partial charge < -0.3 is 10.6 Å². The van der Waals surface area contributed by atoms with Crippen LogP contribution >= 0.6 is 0 Å². The van der Waals surface area contributed by atoms with Gasteiger partial charge in [-0.25, -0.2) is 4.99 Å². The number of aliphatic imine (C=N–C) groups is 1. The summed E-state index contributed by atoms with van der Waals surface area (Å²) in [6, 6.07) is 0.426. The summed E-state index contributed by atoms with van der Waals surface area (Å²) in [6.45, 7) is 14.8. The van der Waals surface area contributed by atoms with Crippen LogP contribution in [0.1, 0.15) is 71.3 Å². The van der Waals surface area contributed by atoms with Gasteiger partial charge in [0.05, 0.1) is 12.2 Å². The summed E-state index contributed by atoms with van der Waals surface area (Å²) in [4.78, 5) is 4.82. The molecule has 1 heterocycles. The molecule has 0 saturated heterocycles. The molecule has 0 amide bonds. The molecule has 5 heteroatoms. The standard InChI is InChI=1S/C19H37N5/c1-8-17-16(18(9-2)24(7)23-17)13-21-19(20-10-3)22-15(6)12-11-14(4)5/h14-15H,8-13H2,1-7H3,(H2,20,21,22). The van der Waals surface area contributed by atoms with Crippen molar-refractivity contribution in [3.05, 3.63) is 17.0 Å².